The molecule has 1 aromatic rings. The van der Waals surface area contributed by atoms with Gasteiger partial charge in [0.05, 0.1) is 6.20 Å². The van der Waals surface area contributed by atoms with Gasteiger partial charge >= 0.3 is 0 Å². The van der Waals surface area contributed by atoms with Crippen molar-refractivity contribution in [3.63, 3.8) is 0 Å². The smallest absolute Gasteiger partial charge is 0.162 e. The van der Waals surface area contributed by atoms with E-state index in [9.17, 15) is 5.11 Å². The molecule has 0 spiro atoms. The number of hydrogen-bond acceptors (Lipinski definition) is 3. The summed E-state index contributed by atoms with van der Waals surface area (Å²) in [5, 5.41) is 15.1. The molecule has 3 fully saturated rings. The molecule has 5 rings (SSSR count). The third-order valence-electron chi connectivity index (χ3n) is 8.67. The third kappa shape index (κ3) is 1.79. The second-order valence-electron chi connectivity index (χ2n) is 9.39. The molecule has 1 unspecified atom stereocenters. The molecule has 3 heteroatoms. The van der Waals surface area contributed by atoms with Crippen LogP contribution in [0.5, 0.6) is 0 Å². The maximum atomic E-state index is 11.1. The first-order valence-corrected chi connectivity index (χ1v) is 9.76. The minimum atomic E-state index is -0.909. The lowest BCUT2D eigenvalue weighted by atomic mass is 9.46. The van der Waals surface area contributed by atoms with Crippen LogP contribution in [0.4, 0.5) is 0 Å². The molecule has 0 amide bonds. The minimum absolute atomic E-state index is 0.114. The number of nitrogens with zero attached hydrogens (tertiary/aromatic N) is 1. The fourth-order valence-electron chi connectivity index (χ4n) is 7.14. The monoisotopic (exact) mass is 337 g/mol. The molecule has 0 bridgehead atoms. The Bertz CT molecular complexity index is 801. The standard InChI is InChI=1S/C22H27NO2/c1-4-22(24)10-8-18-16-6-5-15-11-19-14(13-23-25-19)12-20(15,2)17(16)7-9-21(18,22)3/h1,11,13,16-18,24H,5-10,12H2,2-3H3/t16-,17+,18+,20+,21?,22+/m1/s1. The number of hydrogen-bond donors (Lipinski definition) is 1. The van der Waals surface area contributed by atoms with Crippen molar-refractivity contribution in [1.82, 2.24) is 5.16 Å². The van der Waals surface area contributed by atoms with E-state index < -0.39 is 5.60 Å². The van der Waals surface area contributed by atoms with Gasteiger partial charge in [-0.3, -0.25) is 0 Å². The summed E-state index contributed by atoms with van der Waals surface area (Å²) in [5.74, 6) is 5.64. The van der Waals surface area contributed by atoms with Crippen molar-refractivity contribution in [1.29, 1.82) is 0 Å². The SMILES string of the molecule is C#C[C@]1(O)CC[C@H]2[C@@H]3CCC4=Cc5oncc5C[C@]4(C)[C@H]3CCC21C. The normalized spacial score (nSPS) is 47.8. The first-order chi connectivity index (χ1) is 11.9. The predicted octanol–water partition coefficient (Wildman–Crippen LogP) is 4.22. The van der Waals surface area contributed by atoms with Crippen LogP contribution >= 0.6 is 0 Å². The number of terminal acetylenes is 1. The fourth-order valence-corrected chi connectivity index (χ4v) is 7.14. The molecule has 1 N–H and O–H groups in total. The van der Waals surface area contributed by atoms with Gasteiger partial charge in [-0.15, -0.1) is 6.42 Å². The summed E-state index contributed by atoms with van der Waals surface area (Å²) in [5.41, 5.74) is 1.99. The highest BCUT2D eigenvalue weighted by Gasteiger charge is 2.63. The van der Waals surface area contributed by atoms with Crippen LogP contribution in [0.2, 0.25) is 0 Å². The number of aliphatic hydroxyl groups is 1. The van der Waals surface area contributed by atoms with Crippen LogP contribution in [-0.4, -0.2) is 15.9 Å². The average molecular weight is 337 g/mol. The highest BCUT2D eigenvalue weighted by molar-refractivity contribution is 5.57. The second-order valence-corrected chi connectivity index (χ2v) is 9.39. The molecule has 0 saturated heterocycles. The highest BCUT2D eigenvalue weighted by atomic mass is 16.5. The quantitative estimate of drug-likeness (QED) is 0.721. The summed E-state index contributed by atoms with van der Waals surface area (Å²) in [6, 6.07) is 0. The van der Waals surface area contributed by atoms with Crippen molar-refractivity contribution in [2.45, 2.75) is 64.4 Å². The van der Waals surface area contributed by atoms with Gasteiger partial charge in [0.2, 0.25) is 0 Å². The van der Waals surface area contributed by atoms with Crippen LogP contribution in [0.3, 0.4) is 0 Å². The number of rotatable bonds is 0. The van der Waals surface area contributed by atoms with Crippen molar-refractivity contribution in [2.75, 3.05) is 0 Å². The van der Waals surface area contributed by atoms with E-state index in [2.05, 4.69) is 31.0 Å². The van der Waals surface area contributed by atoms with E-state index in [0.29, 0.717) is 17.8 Å². The van der Waals surface area contributed by atoms with Gasteiger partial charge in [-0.1, -0.05) is 30.5 Å². The number of aromatic nitrogens is 1. The first-order valence-electron chi connectivity index (χ1n) is 9.76. The predicted molar refractivity (Wildman–Crippen MR) is 96.4 cm³/mol. The van der Waals surface area contributed by atoms with Crippen LogP contribution in [0.1, 0.15) is 63.7 Å². The van der Waals surface area contributed by atoms with Crippen LogP contribution in [0, 0.1) is 40.9 Å². The van der Waals surface area contributed by atoms with Gasteiger partial charge in [0.1, 0.15) is 5.60 Å². The molecule has 6 atom stereocenters. The molecular weight excluding hydrogens is 310 g/mol. The fraction of sp³-hybridized carbons (Fsp3) is 0.682. The summed E-state index contributed by atoms with van der Waals surface area (Å²) in [4.78, 5) is 0. The Morgan fingerprint density at radius 3 is 2.84 bits per heavy atom. The Morgan fingerprint density at radius 2 is 2.04 bits per heavy atom. The first kappa shape index (κ1) is 15.7. The molecule has 3 nitrogen and oxygen atoms in total. The Labute approximate surface area is 149 Å². The number of fused-ring (bicyclic) bond motifs is 6. The van der Waals surface area contributed by atoms with E-state index in [1.807, 2.05) is 6.20 Å². The van der Waals surface area contributed by atoms with Crippen molar-refractivity contribution >= 4 is 6.08 Å². The van der Waals surface area contributed by atoms with E-state index in [0.717, 1.165) is 44.3 Å². The molecule has 3 saturated carbocycles. The minimum Gasteiger partial charge on any atom is -0.377 e. The van der Waals surface area contributed by atoms with Crippen molar-refractivity contribution in [2.24, 2.45) is 28.6 Å². The molecule has 0 aromatic carbocycles. The summed E-state index contributed by atoms with van der Waals surface area (Å²) in [7, 11) is 0. The molecule has 25 heavy (non-hydrogen) atoms. The lowest BCUT2D eigenvalue weighted by Crippen LogP contribution is -2.54. The van der Waals surface area contributed by atoms with Gasteiger partial charge in [0.25, 0.3) is 0 Å². The maximum Gasteiger partial charge on any atom is 0.162 e. The Morgan fingerprint density at radius 1 is 1.24 bits per heavy atom. The van der Waals surface area contributed by atoms with E-state index in [1.54, 1.807) is 5.57 Å². The molecular formula is C22H27NO2. The summed E-state index contributed by atoms with van der Waals surface area (Å²) < 4.78 is 5.43. The van der Waals surface area contributed by atoms with Gasteiger partial charge in [-0.25, -0.2) is 0 Å². The largest absolute Gasteiger partial charge is 0.377 e. The lowest BCUT2D eigenvalue weighted by Gasteiger charge is -2.58. The highest BCUT2D eigenvalue weighted by Crippen LogP contribution is 2.67. The van der Waals surface area contributed by atoms with Crippen molar-refractivity contribution < 1.29 is 9.63 Å². The van der Waals surface area contributed by atoms with Crippen LogP contribution in [-0.2, 0) is 6.42 Å². The van der Waals surface area contributed by atoms with Gasteiger partial charge in [-0.2, -0.15) is 0 Å². The Balaban J connectivity index is 1.53. The molecule has 0 radical (unpaired) electrons. The maximum absolute atomic E-state index is 11.1. The van der Waals surface area contributed by atoms with Gasteiger partial charge in [0, 0.05) is 11.0 Å². The van der Waals surface area contributed by atoms with Crippen molar-refractivity contribution in [3.8, 4) is 12.3 Å². The molecule has 4 aliphatic rings. The van der Waals surface area contributed by atoms with E-state index >= 15 is 0 Å². The number of allylic oxidation sites excluding steroid dienone is 1. The summed E-state index contributed by atoms with van der Waals surface area (Å²) >= 11 is 0. The molecule has 1 aromatic heterocycles. The molecule has 4 aliphatic carbocycles. The molecule has 0 aliphatic heterocycles. The van der Waals surface area contributed by atoms with Crippen LogP contribution in [0.25, 0.3) is 6.08 Å². The van der Waals surface area contributed by atoms with Crippen LogP contribution < -0.4 is 0 Å². The summed E-state index contributed by atoms with van der Waals surface area (Å²) in [6.07, 6.45) is 17.4. The van der Waals surface area contributed by atoms with E-state index in [-0.39, 0.29) is 10.8 Å². The zero-order valence-electron chi connectivity index (χ0n) is 15.2. The lowest BCUT2D eigenvalue weighted by molar-refractivity contribution is -0.0975. The Kier molecular flexibility index (Phi) is 3.01. The zero-order valence-corrected chi connectivity index (χ0v) is 15.2. The van der Waals surface area contributed by atoms with Crippen molar-refractivity contribution in [3.05, 3.63) is 23.1 Å². The zero-order chi connectivity index (χ0) is 17.4. The third-order valence-corrected chi connectivity index (χ3v) is 8.67. The van der Waals surface area contributed by atoms with E-state index in [1.165, 1.54) is 12.0 Å². The summed E-state index contributed by atoms with van der Waals surface area (Å²) in [6.45, 7) is 4.71. The Hall–Kier alpha value is -1.53. The van der Waals surface area contributed by atoms with Gasteiger partial charge < -0.3 is 9.63 Å². The molecule has 132 valence electrons. The average Bonchev–Trinajstić information content (AvgIpc) is 3.14. The molecule has 1 heterocycles. The van der Waals surface area contributed by atoms with Gasteiger partial charge in [0.15, 0.2) is 5.76 Å². The topological polar surface area (TPSA) is 46.3 Å². The second kappa shape index (κ2) is 4.80. The van der Waals surface area contributed by atoms with Gasteiger partial charge in [-0.05, 0) is 74.2 Å². The van der Waals surface area contributed by atoms with Crippen LogP contribution in [0.15, 0.2) is 16.3 Å². The van der Waals surface area contributed by atoms with E-state index in [4.69, 9.17) is 10.9 Å².